The molecule has 1 amide bonds. The second-order valence-electron chi connectivity index (χ2n) is 7.61. The number of carbonyl (C=O) groups is 1. The molecule has 4 rings (SSSR count). The quantitative estimate of drug-likeness (QED) is 0.877. The maximum absolute atomic E-state index is 12.5. The van der Waals surface area contributed by atoms with Gasteiger partial charge in [-0.3, -0.25) is 4.79 Å². The van der Waals surface area contributed by atoms with Gasteiger partial charge in [-0.2, -0.15) is 0 Å². The summed E-state index contributed by atoms with van der Waals surface area (Å²) in [7, 11) is 0. The zero-order chi connectivity index (χ0) is 15.1. The summed E-state index contributed by atoms with van der Waals surface area (Å²) in [6.45, 7) is 2.04. The van der Waals surface area contributed by atoms with Crippen molar-refractivity contribution < 1.29 is 9.69 Å². The first-order valence-electron chi connectivity index (χ1n) is 8.95. The van der Waals surface area contributed by atoms with Gasteiger partial charge in [0, 0.05) is 37.3 Å². The fourth-order valence-corrected chi connectivity index (χ4v) is 4.82. The number of hydrogen-bond donors (Lipinski definition) is 2. The molecule has 1 saturated carbocycles. The van der Waals surface area contributed by atoms with Crippen molar-refractivity contribution in [3.8, 4) is 0 Å². The third kappa shape index (κ3) is 2.79. The summed E-state index contributed by atoms with van der Waals surface area (Å²) < 4.78 is 0. The second-order valence-corrected chi connectivity index (χ2v) is 7.61. The Morgan fingerprint density at radius 1 is 1.09 bits per heavy atom. The van der Waals surface area contributed by atoms with Crippen molar-refractivity contribution in [3.05, 3.63) is 35.4 Å². The van der Waals surface area contributed by atoms with E-state index in [-0.39, 0.29) is 5.91 Å². The number of carbonyl (C=O) groups excluding carboxylic acids is 1. The van der Waals surface area contributed by atoms with E-state index in [9.17, 15) is 4.79 Å². The van der Waals surface area contributed by atoms with E-state index in [0.717, 1.165) is 29.3 Å². The maximum Gasteiger partial charge on any atom is 0.251 e. The van der Waals surface area contributed by atoms with Crippen LogP contribution in [-0.2, 0) is 0 Å². The number of fused-ring (bicyclic) bond motifs is 2. The van der Waals surface area contributed by atoms with Crippen LogP contribution in [0.3, 0.4) is 0 Å². The first-order chi connectivity index (χ1) is 10.7. The minimum atomic E-state index is 0.113. The van der Waals surface area contributed by atoms with E-state index in [1.165, 1.54) is 44.9 Å². The molecule has 1 aromatic rings. The molecule has 3 heteroatoms. The summed E-state index contributed by atoms with van der Waals surface area (Å²) in [6, 6.07) is 10.8. The molecular formula is C19H27N2O+. The zero-order valence-corrected chi connectivity index (χ0v) is 13.5. The molecule has 0 radical (unpaired) electrons. The van der Waals surface area contributed by atoms with E-state index < -0.39 is 0 Å². The summed E-state index contributed by atoms with van der Waals surface area (Å²) in [6.07, 6.45) is 9.34. The number of aryl methyl sites for hydroxylation is 1. The molecule has 3 nitrogen and oxygen atoms in total. The van der Waals surface area contributed by atoms with E-state index in [2.05, 4.69) is 5.32 Å². The molecule has 0 spiro atoms. The van der Waals surface area contributed by atoms with Crippen LogP contribution < -0.4 is 10.2 Å². The van der Waals surface area contributed by atoms with Gasteiger partial charge in [-0.15, -0.1) is 0 Å². The molecule has 1 aromatic carbocycles. The molecule has 0 aromatic heterocycles. The van der Waals surface area contributed by atoms with Gasteiger partial charge in [0.2, 0.25) is 0 Å². The number of nitrogens with one attached hydrogen (secondary N) is 2. The van der Waals surface area contributed by atoms with Crippen molar-refractivity contribution in [3.63, 3.8) is 0 Å². The van der Waals surface area contributed by atoms with Gasteiger partial charge >= 0.3 is 0 Å². The van der Waals surface area contributed by atoms with Crippen LogP contribution in [0.1, 0.15) is 60.9 Å². The van der Waals surface area contributed by atoms with Crippen molar-refractivity contribution >= 4 is 5.91 Å². The van der Waals surface area contributed by atoms with E-state index in [0.29, 0.717) is 6.04 Å². The number of piperidine rings is 2. The molecular weight excluding hydrogens is 272 g/mol. The Bertz CT molecular complexity index is 552. The highest BCUT2D eigenvalue weighted by Crippen LogP contribution is 2.27. The van der Waals surface area contributed by atoms with E-state index >= 15 is 0 Å². The first kappa shape index (κ1) is 14.3. The van der Waals surface area contributed by atoms with Crippen molar-refractivity contribution in [1.29, 1.82) is 0 Å². The molecule has 2 heterocycles. The van der Waals surface area contributed by atoms with E-state index in [4.69, 9.17) is 0 Å². The van der Waals surface area contributed by atoms with Crippen LogP contribution in [0, 0.1) is 6.92 Å². The molecule has 2 atom stereocenters. The van der Waals surface area contributed by atoms with Gasteiger partial charge in [0.05, 0.1) is 18.1 Å². The van der Waals surface area contributed by atoms with Crippen LogP contribution in [0.4, 0.5) is 0 Å². The Labute approximate surface area is 133 Å². The Kier molecular flexibility index (Phi) is 3.69. The Morgan fingerprint density at radius 2 is 1.82 bits per heavy atom. The van der Waals surface area contributed by atoms with Gasteiger partial charge in [0.25, 0.3) is 5.91 Å². The standard InChI is InChI=1S/C19H26N2O/c1-13-4-2-5-14(10-13)19(22)20-15-11-17-6-3-7-18(12-15)21(17)16-8-9-16/h2,4-5,10,15-18H,3,6-9,11-12H2,1H3,(H,20,22)/p+1/t17-,18-/m1/s1. The highest BCUT2D eigenvalue weighted by atomic mass is 16.1. The third-order valence-corrected chi connectivity index (χ3v) is 5.85. The number of quaternary nitrogens is 1. The van der Waals surface area contributed by atoms with Crippen LogP contribution >= 0.6 is 0 Å². The fourth-order valence-electron chi connectivity index (χ4n) is 4.82. The molecule has 2 saturated heterocycles. The molecule has 1 aliphatic carbocycles. The molecule has 118 valence electrons. The number of benzene rings is 1. The number of rotatable bonds is 3. The lowest BCUT2D eigenvalue weighted by atomic mass is 9.81. The van der Waals surface area contributed by atoms with Crippen molar-refractivity contribution in [2.75, 3.05) is 0 Å². The Hall–Kier alpha value is -1.35. The first-order valence-corrected chi connectivity index (χ1v) is 8.95. The lowest BCUT2D eigenvalue weighted by Crippen LogP contribution is -3.22. The van der Waals surface area contributed by atoms with Crippen LogP contribution in [0.15, 0.2) is 24.3 Å². The summed E-state index contributed by atoms with van der Waals surface area (Å²) >= 11 is 0. The smallest absolute Gasteiger partial charge is 0.251 e. The van der Waals surface area contributed by atoms with Gasteiger partial charge in [0.1, 0.15) is 0 Å². The maximum atomic E-state index is 12.5. The van der Waals surface area contributed by atoms with Crippen LogP contribution in [0.25, 0.3) is 0 Å². The molecule has 2 bridgehead atoms. The average Bonchev–Trinajstić information content (AvgIpc) is 3.31. The molecule has 2 N–H and O–H groups in total. The highest BCUT2D eigenvalue weighted by molar-refractivity contribution is 5.94. The SMILES string of the molecule is Cc1cccc(C(=O)NC2C[C@H]3CCC[C@H](C2)[NH+]3C2CC2)c1. The monoisotopic (exact) mass is 299 g/mol. The van der Waals surface area contributed by atoms with Crippen molar-refractivity contribution in [2.45, 2.75) is 76.0 Å². The number of amides is 1. The van der Waals surface area contributed by atoms with Gasteiger partial charge in [-0.25, -0.2) is 0 Å². The molecule has 2 aliphatic heterocycles. The van der Waals surface area contributed by atoms with E-state index in [1.807, 2.05) is 36.1 Å². The Morgan fingerprint density at radius 3 is 2.45 bits per heavy atom. The summed E-state index contributed by atoms with van der Waals surface area (Å²) in [5.74, 6) is 0.113. The second kappa shape index (κ2) is 5.69. The van der Waals surface area contributed by atoms with Gasteiger partial charge in [-0.1, -0.05) is 17.7 Å². The topological polar surface area (TPSA) is 33.5 Å². The van der Waals surface area contributed by atoms with Gasteiger partial charge < -0.3 is 10.2 Å². The summed E-state index contributed by atoms with van der Waals surface area (Å²) in [5, 5.41) is 3.32. The third-order valence-electron chi connectivity index (χ3n) is 5.85. The van der Waals surface area contributed by atoms with Gasteiger partial charge in [-0.05, 0) is 38.3 Å². The molecule has 3 aliphatic rings. The van der Waals surface area contributed by atoms with Crippen molar-refractivity contribution in [2.24, 2.45) is 0 Å². The Balaban J connectivity index is 1.43. The van der Waals surface area contributed by atoms with Gasteiger partial charge in [0.15, 0.2) is 0 Å². The number of hydrogen-bond acceptors (Lipinski definition) is 1. The normalized spacial score (nSPS) is 34.2. The summed E-state index contributed by atoms with van der Waals surface area (Å²) in [4.78, 5) is 14.4. The molecule has 22 heavy (non-hydrogen) atoms. The average molecular weight is 299 g/mol. The predicted octanol–water partition coefficient (Wildman–Crippen LogP) is 1.86. The predicted molar refractivity (Wildman–Crippen MR) is 87.1 cm³/mol. The minimum Gasteiger partial charge on any atom is -0.349 e. The van der Waals surface area contributed by atoms with Crippen LogP contribution in [-0.4, -0.2) is 30.1 Å². The lowest BCUT2D eigenvalue weighted by molar-refractivity contribution is -0.971. The van der Waals surface area contributed by atoms with Crippen molar-refractivity contribution in [1.82, 2.24) is 5.32 Å². The lowest BCUT2D eigenvalue weighted by Gasteiger charge is -2.46. The largest absolute Gasteiger partial charge is 0.349 e. The molecule has 3 fully saturated rings. The zero-order valence-electron chi connectivity index (χ0n) is 13.5. The van der Waals surface area contributed by atoms with Crippen LogP contribution in [0.5, 0.6) is 0 Å². The highest BCUT2D eigenvalue weighted by Gasteiger charge is 2.48. The molecule has 0 unspecified atom stereocenters. The van der Waals surface area contributed by atoms with E-state index in [1.54, 1.807) is 0 Å². The minimum absolute atomic E-state index is 0.113. The van der Waals surface area contributed by atoms with Crippen LogP contribution in [0.2, 0.25) is 0 Å². The summed E-state index contributed by atoms with van der Waals surface area (Å²) in [5.41, 5.74) is 1.96. The fraction of sp³-hybridized carbons (Fsp3) is 0.632.